The molecule has 0 N–H and O–H groups in total. The monoisotopic (exact) mass is 353 g/mol. The summed E-state index contributed by atoms with van der Waals surface area (Å²) in [4.78, 5) is 15.1. The highest BCUT2D eigenvalue weighted by Gasteiger charge is 2.33. The third-order valence-electron chi connectivity index (χ3n) is 4.79. The van der Waals surface area contributed by atoms with E-state index in [1.165, 1.54) is 5.56 Å². The van der Waals surface area contributed by atoms with Crippen molar-refractivity contribution in [1.82, 2.24) is 4.90 Å². The molecule has 1 aliphatic rings. The van der Waals surface area contributed by atoms with Crippen molar-refractivity contribution >= 4 is 23.5 Å². The van der Waals surface area contributed by atoms with Gasteiger partial charge in [-0.05, 0) is 67.8 Å². The van der Waals surface area contributed by atoms with Crippen molar-refractivity contribution in [2.45, 2.75) is 18.8 Å². The van der Waals surface area contributed by atoms with E-state index in [0.29, 0.717) is 10.9 Å². The predicted molar refractivity (Wildman–Crippen MR) is 105 cm³/mol. The van der Waals surface area contributed by atoms with Gasteiger partial charge < -0.3 is 4.90 Å². The number of rotatable bonds is 4. The molecule has 0 heterocycles. The molecule has 130 valence electrons. The number of hydrogen-bond acceptors (Lipinski definition) is 2. The van der Waals surface area contributed by atoms with E-state index in [0.717, 1.165) is 30.5 Å². The van der Waals surface area contributed by atoms with Crippen molar-refractivity contribution in [3.8, 4) is 0 Å². The summed E-state index contributed by atoms with van der Waals surface area (Å²) in [5.74, 6) is 0.728. The smallest absolute Gasteiger partial charge is 0.163 e. The van der Waals surface area contributed by atoms with Gasteiger partial charge in [-0.2, -0.15) is 0 Å². The van der Waals surface area contributed by atoms with Gasteiger partial charge in [0.1, 0.15) is 0 Å². The van der Waals surface area contributed by atoms with Gasteiger partial charge in [0.2, 0.25) is 0 Å². The Morgan fingerprint density at radius 1 is 1.08 bits per heavy atom. The van der Waals surface area contributed by atoms with Crippen LogP contribution in [0.5, 0.6) is 0 Å². The van der Waals surface area contributed by atoms with Gasteiger partial charge >= 0.3 is 0 Å². The Morgan fingerprint density at radius 3 is 2.40 bits per heavy atom. The zero-order valence-electron chi connectivity index (χ0n) is 14.8. The van der Waals surface area contributed by atoms with Gasteiger partial charge in [-0.3, -0.25) is 4.79 Å². The van der Waals surface area contributed by atoms with E-state index in [2.05, 4.69) is 29.2 Å². The molecule has 0 aliphatic heterocycles. The summed E-state index contributed by atoms with van der Waals surface area (Å²) in [7, 11) is 4.06. The highest BCUT2D eigenvalue weighted by atomic mass is 35.5. The van der Waals surface area contributed by atoms with Crippen molar-refractivity contribution in [3.05, 3.63) is 76.3 Å². The fourth-order valence-corrected chi connectivity index (χ4v) is 3.76. The Hall–Kier alpha value is -1.90. The van der Waals surface area contributed by atoms with Crippen LogP contribution in [0.15, 0.2) is 60.2 Å². The van der Waals surface area contributed by atoms with E-state index in [4.69, 9.17) is 11.6 Å². The lowest BCUT2D eigenvalue weighted by atomic mass is 9.74. The van der Waals surface area contributed by atoms with Crippen molar-refractivity contribution < 1.29 is 4.79 Å². The van der Waals surface area contributed by atoms with Crippen LogP contribution in [-0.4, -0.2) is 31.3 Å². The van der Waals surface area contributed by atoms with Crippen LogP contribution in [0.1, 0.15) is 29.9 Å². The Morgan fingerprint density at radius 2 is 1.76 bits per heavy atom. The van der Waals surface area contributed by atoms with Crippen molar-refractivity contribution in [1.29, 1.82) is 0 Å². The normalized spacial score (nSPS) is 22.6. The van der Waals surface area contributed by atoms with Gasteiger partial charge in [-0.25, -0.2) is 0 Å². The van der Waals surface area contributed by atoms with E-state index >= 15 is 0 Å². The van der Waals surface area contributed by atoms with Crippen LogP contribution >= 0.6 is 11.6 Å². The largest absolute Gasteiger partial charge is 0.309 e. The molecule has 0 bridgehead atoms. The first kappa shape index (κ1) is 17.9. The zero-order valence-corrected chi connectivity index (χ0v) is 15.5. The van der Waals surface area contributed by atoms with Gasteiger partial charge in [0.05, 0.1) is 0 Å². The van der Waals surface area contributed by atoms with E-state index in [1.807, 2.05) is 50.5 Å². The second kappa shape index (κ2) is 7.99. The molecule has 2 atom stereocenters. The van der Waals surface area contributed by atoms with Crippen molar-refractivity contribution in [2.75, 3.05) is 20.6 Å². The quantitative estimate of drug-likeness (QED) is 0.717. The van der Waals surface area contributed by atoms with Crippen LogP contribution in [0.3, 0.4) is 0 Å². The number of Topliss-reactive ketones (excluding diaryl/α,β-unsaturated/α-hetero) is 1. The highest BCUT2D eigenvalue weighted by Crippen LogP contribution is 2.38. The number of carbonyl (C=O) groups excluding carboxylic acids is 1. The van der Waals surface area contributed by atoms with Crippen LogP contribution in [-0.2, 0) is 4.79 Å². The van der Waals surface area contributed by atoms with Gasteiger partial charge in [0.25, 0.3) is 0 Å². The fraction of sp³-hybridized carbons (Fsp3) is 0.318. The molecule has 0 saturated heterocycles. The number of halogens is 1. The summed E-state index contributed by atoms with van der Waals surface area (Å²) >= 11 is 5.97. The summed E-state index contributed by atoms with van der Waals surface area (Å²) in [6.07, 6.45) is 3.75. The molecule has 2 aromatic rings. The molecule has 3 rings (SSSR count). The van der Waals surface area contributed by atoms with Crippen molar-refractivity contribution in [2.24, 2.45) is 5.92 Å². The number of hydrogen-bond donors (Lipinski definition) is 0. The maximum absolute atomic E-state index is 13.0. The number of allylic oxidation sites excluding steroid dienone is 1. The Balaban J connectivity index is 1.91. The molecule has 1 fully saturated rings. The summed E-state index contributed by atoms with van der Waals surface area (Å²) in [6.45, 7) is 0.792. The average Bonchev–Trinajstić information content (AvgIpc) is 2.60. The number of benzene rings is 2. The molecule has 1 saturated carbocycles. The molecule has 0 amide bonds. The minimum absolute atomic E-state index is 0.0486. The lowest BCUT2D eigenvalue weighted by Gasteiger charge is -2.32. The Kier molecular flexibility index (Phi) is 5.72. The number of nitrogens with zero attached hydrogens (tertiary/aromatic N) is 1. The van der Waals surface area contributed by atoms with Crippen LogP contribution in [0.4, 0.5) is 0 Å². The lowest BCUT2D eigenvalue weighted by Crippen LogP contribution is -2.34. The van der Waals surface area contributed by atoms with Gasteiger partial charge in [0, 0.05) is 17.5 Å². The van der Waals surface area contributed by atoms with Crippen LogP contribution < -0.4 is 0 Å². The molecule has 0 aromatic heterocycles. The van der Waals surface area contributed by atoms with Gasteiger partial charge in [0.15, 0.2) is 5.78 Å². The SMILES string of the molecule is CN(C)CC1CC(c2ccccc2)C/C(=C/c2ccc(Cl)cc2)C1=O. The molecular formula is C22H24ClNO. The van der Waals surface area contributed by atoms with E-state index in [-0.39, 0.29) is 11.7 Å². The molecule has 2 nitrogen and oxygen atoms in total. The van der Waals surface area contributed by atoms with Gasteiger partial charge in [-0.1, -0.05) is 54.1 Å². The predicted octanol–water partition coefficient (Wildman–Crippen LogP) is 5.05. The Labute approximate surface area is 155 Å². The van der Waals surface area contributed by atoms with Gasteiger partial charge in [-0.15, -0.1) is 0 Å². The minimum atomic E-state index is 0.0486. The van der Waals surface area contributed by atoms with Crippen molar-refractivity contribution in [3.63, 3.8) is 0 Å². The Bertz CT molecular complexity index is 749. The second-order valence-electron chi connectivity index (χ2n) is 7.09. The maximum atomic E-state index is 13.0. The molecule has 1 aliphatic carbocycles. The zero-order chi connectivity index (χ0) is 17.8. The molecule has 0 spiro atoms. The first-order valence-electron chi connectivity index (χ1n) is 8.73. The number of ketones is 1. The average molecular weight is 354 g/mol. The summed E-state index contributed by atoms with van der Waals surface area (Å²) < 4.78 is 0. The third-order valence-corrected chi connectivity index (χ3v) is 5.04. The molecule has 2 unspecified atom stereocenters. The summed E-state index contributed by atoms with van der Waals surface area (Å²) in [6, 6.07) is 18.2. The first-order chi connectivity index (χ1) is 12.0. The summed E-state index contributed by atoms with van der Waals surface area (Å²) in [5.41, 5.74) is 3.28. The maximum Gasteiger partial charge on any atom is 0.163 e. The second-order valence-corrected chi connectivity index (χ2v) is 7.53. The minimum Gasteiger partial charge on any atom is -0.309 e. The molecule has 0 radical (unpaired) electrons. The molecule has 2 aromatic carbocycles. The van der Waals surface area contributed by atoms with Crippen LogP contribution in [0.2, 0.25) is 5.02 Å². The standard InChI is InChI=1S/C22H24ClNO/c1-24(2)15-20-14-18(17-6-4-3-5-7-17)13-19(22(20)25)12-16-8-10-21(23)11-9-16/h3-12,18,20H,13-15H2,1-2H3/b19-12-. The topological polar surface area (TPSA) is 20.3 Å². The van der Waals surface area contributed by atoms with Crippen LogP contribution in [0.25, 0.3) is 6.08 Å². The first-order valence-corrected chi connectivity index (χ1v) is 9.11. The molecule has 3 heteroatoms. The number of carbonyl (C=O) groups is 1. The molecular weight excluding hydrogens is 330 g/mol. The highest BCUT2D eigenvalue weighted by molar-refractivity contribution is 6.30. The third kappa shape index (κ3) is 4.59. The van der Waals surface area contributed by atoms with E-state index < -0.39 is 0 Å². The molecule has 25 heavy (non-hydrogen) atoms. The van der Waals surface area contributed by atoms with E-state index in [9.17, 15) is 4.79 Å². The fourth-order valence-electron chi connectivity index (χ4n) is 3.63. The van der Waals surface area contributed by atoms with E-state index in [1.54, 1.807) is 0 Å². The summed E-state index contributed by atoms with van der Waals surface area (Å²) in [5, 5.41) is 0.713. The van der Waals surface area contributed by atoms with Crippen LogP contribution in [0, 0.1) is 5.92 Å². The lowest BCUT2D eigenvalue weighted by molar-refractivity contribution is -0.121.